The molecule has 4 rings (SSSR count). The molecule has 0 radical (unpaired) electrons. The topological polar surface area (TPSA) is 70.0 Å². The minimum absolute atomic E-state index is 0.00186. The molecule has 3 fully saturated rings. The van der Waals surface area contributed by atoms with E-state index in [0.29, 0.717) is 13.0 Å². The average Bonchev–Trinajstić information content (AvgIpc) is 3.24. The third-order valence-electron chi connectivity index (χ3n) is 5.40. The van der Waals surface area contributed by atoms with Gasteiger partial charge in [0.25, 0.3) is 0 Å². The zero-order valence-electron chi connectivity index (χ0n) is 15.2. The number of aromatic nitrogens is 1. The lowest BCUT2D eigenvalue weighted by Gasteiger charge is -2.27. The molecular weight excluding hydrogens is 342 g/mol. The van der Waals surface area contributed by atoms with Gasteiger partial charge in [-0.3, -0.25) is 0 Å². The van der Waals surface area contributed by atoms with Crippen molar-refractivity contribution in [2.75, 3.05) is 6.61 Å². The lowest BCUT2D eigenvalue weighted by molar-refractivity contribution is -0.175. The molecule has 2 saturated heterocycles. The summed E-state index contributed by atoms with van der Waals surface area (Å²) in [5.41, 5.74) is 0. The Morgan fingerprint density at radius 3 is 2.60 bits per heavy atom. The molecular formula is C18H27NO5S. The molecule has 0 bridgehead atoms. The molecule has 6 atom stereocenters. The van der Waals surface area contributed by atoms with E-state index in [2.05, 4.69) is 4.98 Å². The Morgan fingerprint density at radius 1 is 1.20 bits per heavy atom. The molecule has 140 valence electrons. The molecule has 1 unspecified atom stereocenters. The van der Waals surface area contributed by atoms with Crippen molar-refractivity contribution in [1.29, 1.82) is 0 Å². The van der Waals surface area contributed by atoms with Gasteiger partial charge in [0.15, 0.2) is 11.6 Å². The smallest absolute Gasteiger partial charge is 0.163 e. The molecule has 1 aromatic rings. The van der Waals surface area contributed by atoms with Crippen LogP contribution in [0.4, 0.5) is 0 Å². The molecule has 1 aromatic heterocycles. The largest absolute Gasteiger partial charge is 0.386 e. The monoisotopic (exact) mass is 369 g/mol. The fourth-order valence-corrected chi connectivity index (χ4v) is 5.07. The summed E-state index contributed by atoms with van der Waals surface area (Å²) < 4.78 is 24.3. The molecule has 1 saturated carbocycles. The van der Waals surface area contributed by atoms with E-state index in [1.165, 1.54) is 11.3 Å². The highest BCUT2D eigenvalue weighted by Gasteiger charge is 2.57. The number of aliphatic hydroxyl groups is 1. The Labute approximate surface area is 152 Å². The number of hydrogen-bond acceptors (Lipinski definition) is 7. The molecule has 3 aliphatic rings. The van der Waals surface area contributed by atoms with Crippen LogP contribution in [0.5, 0.6) is 0 Å². The highest BCUT2D eigenvalue weighted by Crippen LogP contribution is 2.50. The number of thiazole rings is 1. The van der Waals surface area contributed by atoms with E-state index >= 15 is 0 Å². The zero-order valence-corrected chi connectivity index (χ0v) is 16.0. The second-order valence-corrected chi connectivity index (χ2v) is 9.14. The number of nitrogens with zero attached hydrogens (tertiary/aromatic N) is 1. The summed E-state index contributed by atoms with van der Waals surface area (Å²) in [6.45, 7) is 8.36. The lowest BCUT2D eigenvalue weighted by atomic mass is 9.95. The molecule has 6 nitrogen and oxygen atoms in total. The summed E-state index contributed by atoms with van der Waals surface area (Å²) in [7, 11) is 0. The van der Waals surface area contributed by atoms with E-state index in [4.69, 9.17) is 18.9 Å². The molecule has 1 aliphatic carbocycles. The predicted molar refractivity (Wildman–Crippen MR) is 92.0 cm³/mol. The van der Waals surface area contributed by atoms with Gasteiger partial charge >= 0.3 is 0 Å². The third kappa shape index (κ3) is 3.50. The number of ether oxygens (including phenoxy) is 4. The molecule has 0 aromatic carbocycles. The van der Waals surface area contributed by atoms with E-state index in [0.717, 1.165) is 11.4 Å². The maximum absolute atomic E-state index is 10.6. The second-order valence-electron chi connectivity index (χ2n) is 8.21. The van der Waals surface area contributed by atoms with Gasteiger partial charge in [0.1, 0.15) is 11.1 Å². The lowest BCUT2D eigenvalue weighted by Crippen LogP contribution is -2.35. The van der Waals surface area contributed by atoms with Crippen molar-refractivity contribution in [2.24, 2.45) is 11.8 Å². The summed E-state index contributed by atoms with van der Waals surface area (Å²) in [4.78, 5) is 4.24. The van der Waals surface area contributed by atoms with Crippen LogP contribution in [-0.2, 0) is 18.9 Å². The summed E-state index contributed by atoms with van der Waals surface area (Å²) in [6, 6.07) is 0. The predicted octanol–water partition coefficient (Wildman–Crippen LogP) is 2.87. The Balaban J connectivity index is 1.50. The first-order valence-corrected chi connectivity index (χ1v) is 9.87. The Bertz CT molecular complexity index is 605. The highest BCUT2D eigenvalue weighted by atomic mass is 32.1. The standard InChI is InChI=1S/C18H27NO5S/c1-17(2)21-9-13(22-17)11-7-10(8-12(20)16-19-5-6-25-16)14-15(11)24-18(3,4)23-14/h5-6,10-15,20H,7-9H2,1-4H3/t10-,11+,12+,13?,14+,15-/m0/s1. The van der Waals surface area contributed by atoms with Crippen molar-refractivity contribution < 1.29 is 24.1 Å². The van der Waals surface area contributed by atoms with Crippen molar-refractivity contribution in [2.45, 2.75) is 76.5 Å². The number of fused-ring (bicyclic) bond motifs is 1. The van der Waals surface area contributed by atoms with Crippen LogP contribution in [0.3, 0.4) is 0 Å². The normalized spacial score (nSPS) is 40.3. The second kappa shape index (κ2) is 6.25. The van der Waals surface area contributed by atoms with Gasteiger partial charge in [0.05, 0.1) is 24.9 Å². The summed E-state index contributed by atoms with van der Waals surface area (Å²) in [5.74, 6) is -0.730. The maximum Gasteiger partial charge on any atom is 0.163 e. The summed E-state index contributed by atoms with van der Waals surface area (Å²) in [5, 5.41) is 13.2. The quantitative estimate of drug-likeness (QED) is 0.880. The first kappa shape index (κ1) is 17.8. The van der Waals surface area contributed by atoms with Crippen LogP contribution in [0, 0.1) is 11.8 Å². The van der Waals surface area contributed by atoms with Crippen LogP contribution < -0.4 is 0 Å². The Kier molecular flexibility index (Phi) is 4.46. The van der Waals surface area contributed by atoms with Gasteiger partial charge in [-0.1, -0.05) is 0 Å². The van der Waals surface area contributed by atoms with Crippen LogP contribution >= 0.6 is 11.3 Å². The fraction of sp³-hybridized carbons (Fsp3) is 0.833. The van der Waals surface area contributed by atoms with Crippen LogP contribution in [-0.4, -0.2) is 46.6 Å². The minimum atomic E-state index is -0.604. The molecule has 2 aliphatic heterocycles. The zero-order chi connectivity index (χ0) is 17.8. The van der Waals surface area contributed by atoms with Crippen molar-refractivity contribution in [3.05, 3.63) is 16.6 Å². The van der Waals surface area contributed by atoms with Gasteiger partial charge in [-0.05, 0) is 46.5 Å². The van der Waals surface area contributed by atoms with E-state index in [-0.39, 0.29) is 30.1 Å². The Hall–Kier alpha value is -0.570. The van der Waals surface area contributed by atoms with Crippen LogP contribution in [0.25, 0.3) is 0 Å². The molecule has 0 amide bonds. The highest BCUT2D eigenvalue weighted by molar-refractivity contribution is 7.09. The van der Waals surface area contributed by atoms with Crippen molar-refractivity contribution in [1.82, 2.24) is 4.98 Å². The van der Waals surface area contributed by atoms with E-state index < -0.39 is 17.7 Å². The summed E-state index contributed by atoms with van der Waals surface area (Å²) >= 11 is 1.49. The number of hydrogen-bond donors (Lipinski definition) is 1. The van der Waals surface area contributed by atoms with Gasteiger partial charge in [0.2, 0.25) is 0 Å². The third-order valence-corrected chi connectivity index (χ3v) is 6.27. The molecule has 3 heterocycles. The van der Waals surface area contributed by atoms with Gasteiger partial charge in [-0.2, -0.15) is 0 Å². The SMILES string of the molecule is CC1(C)OCC([C@H]2C[C@@H](C[C@@H](O)c3nccs3)[C@H]3OC(C)(C)O[C@H]32)O1. The van der Waals surface area contributed by atoms with Crippen LogP contribution in [0.1, 0.15) is 51.6 Å². The van der Waals surface area contributed by atoms with E-state index in [1.54, 1.807) is 6.20 Å². The van der Waals surface area contributed by atoms with Gasteiger partial charge in [0, 0.05) is 17.5 Å². The maximum atomic E-state index is 10.6. The average molecular weight is 369 g/mol. The number of aliphatic hydroxyl groups excluding tert-OH is 1. The van der Waals surface area contributed by atoms with Crippen LogP contribution in [0.15, 0.2) is 11.6 Å². The van der Waals surface area contributed by atoms with Gasteiger partial charge in [-0.25, -0.2) is 4.98 Å². The first-order valence-electron chi connectivity index (χ1n) is 8.99. The minimum Gasteiger partial charge on any atom is -0.386 e. The first-order chi connectivity index (χ1) is 11.7. The number of rotatable bonds is 4. The molecule has 0 spiro atoms. The summed E-state index contributed by atoms with van der Waals surface area (Å²) in [6.07, 6.45) is 2.65. The van der Waals surface area contributed by atoms with Crippen molar-refractivity contribution in [3.63, 3.8) is 0 Å². The van der Waals surface area contributed by atoms with Gasteiger partial charge < -0.3 is 24.1 Å². The Morgan fingerprint density at radius 2 is 1.96 bits per heavy atom. The van der Waals surface area contributed by atoms with Crippen molar-refractivity contribution in [3.8, 4) is 0 Å². The fourth-order valence-electron chi connectivity index (χ4n) is 4.44. The van der Waals surface area contributed by atoms with Gasteiger partial charge in [-0.15, -0.1) is 11.3 Å². The van der Waals surface area contributed by atoms with Crippen molar-refractivity contribution >= 4 is 11.3 Å². The molecule has 25 heavy (non-hydrogen) atoms. The van der Waals surface area contributed by atoms with E-state index in [9.17, 15) is 5.11 Å². The molecule has 7 heteroatoms. The van der Waals surface area contributed by atoms with E-state index in [1.807, 2.05) is 33.1 Å². The van der Waals surface area contributed by atoms with Crippen LogP contribution in [0.2, 0.25) is 0 Å². The molecule has 1 N–H and O–H groups in total.